The molecule has 206 valence electrons. The normalized spacial score (nSPS) is 20.6. The summed E-state index contributed by atoms with van der Waals surface area (Å²) in [6.07, 6.45) is 2.47. The fraction of sp³-hybridized carbons (Fsp3) is 0.419. The first-order valence-electron chi connectivity index (χ1n) is 13.2. The van der Waals surface area contributed by atoms with Gasteiger partial charge in [0, 0.05) is 29.3 Å². The van der Waals surface area contributed by atoms with Crippen molar-refractivity contribution in [2.75, 3.05) is 27.9 Å². The summed E-state index contributed by atoms with van der Waals surface area (Å²) < 4.78 is 21.3. The van der Waals surface area contributed by atoms with E-state index in [1.165, 1.54) is 7.11 Å². The Morgan fingerprint density at radius 2 is 1.64 bits per heavy atom. The van der Waals surface area contributed by atoms with Crippen molar-refractivity contribution in [2.45, 2.75) is 51.4 Å². The second-order valence-corrected chi connectivity index (χ2v) is 9.85. The highest BCUT2D eigenvalue weighted by molar-refractivity contribution is 6.09. The molecule has 1 unspecified atom stereocenters. The van der Waals surface area contributed by atoms with Gasteiger partial charge >= 0.3 is 11.9 Å². The molecular weight excluding hydrogens is 498 g/mol. The maximum absolute atomic E-state index is 13.8. The number of rotatable bonds is 9. The van der Waals surface area contributed by atoms with Crippen molar-refractivity contribution in [1.29, 1.82) is 0 Å². The molecule has 8 heteroatoms. The second-order valence-electron chi connectivity index (χ2n) is 9.85. The number of unbranched alkanes of at least 4 members (excludes halogenated alkanes) is 1. The van der Waals surface area contributed by atoms with Crippen molar-refractivity contribution in [3.63, 3.8) is 0 Å². The fourth-order valence-corrected chi connectivity index (χ4v) is 5.42. The van der Waals surface area contributed by atoms with Crippen LogP contribution in [0.1, 0.15) is 72.9 Å². The lowest BCUT2D eigenvalue weighted by atomic mass is 9.69. The van der Waals surface area contributed by atoms with Crippen LogP contribution in [0.3, 0.4) is 0 Å². The van der Waals surface area contributed by atoms with Crippen molar-refractivity contribution >= 4 is 23.4 Å². The first-order valence-corrected chi connectivity index (χ1v) is 13.2. The molecule has 1 aliphatic carbocycles. The maximum Gasteiger partial charge on any atom is 0.337 e. The third-order valence-corrected chi connectivity index (χ3v) is 7.45. The van der Waals surface area contributed by atoms with Crippen LogP contribution in [0.2, 0.25) is 0 Å². The van der Waals surface area contributed by atoms with E-state index in [1.807, 2.05) is 32.0 Å². The molecule has 39 heavy (non-hydrogen) atoms. The molecule has 2 aromatic carbocycles. The summed E-state index contributed by atoms with van der Waals surface area (Å²) in [4.78, 5) is 44.0. The van der Waals surface area contributed by atoms with E-state index < -0.39 is 23.8 Å². The van der Waals surface area contributed by atoms with Gasteiger partial charge in [-0.2, -0.15) is 0 Å². The Bertz CT molecular complexity index is 1310. The lowest BCUT2D eigenvalue weighted by Gasteiger charge is -2.36. The van der Waals surface area contributed by atoms with Crippen LogP contribution in [0.4, 0.5) is 0 Å². The molecule has 1 heterocycles. The van der Waals surface area contributed by atoms with Gasteiger partial charge in [-0.1, -0.05) is 31.5 Å². The first kappa shape index (κ1) is 28.1. The molecule has 0 amide bonds. The van der Waals surface area contributed by atoms with E-state index >= 15 is 0 Å². The monoisotopic (exact) mass is 533 g/mol. The van der Waals surface area contributed by atoms with Gasteiger partial charge in [0.2, 0.25) is 0 Å². The molecule has 2 aromatic rings. The van der Waals surface area contributed by atoms with E-state index in [-0.39, 0.29) is 18.1 Å². The highest BCUT2D eigenvalue weighted by atomic mass is 16.5. The third-order valence-electron chi connectivity index (χ3n) is 7.45. The highest BCUT2D eigenvalue weighted by Crippen LogP contribution is 2.47. The summed E-state index contributed by atoms with van der Waals surface area (Å²) in [5.74, 6) is -1.07. The van der Waals surface area contributed by atoms with E-state index in [0.717, 1.165) is 24.0 Å². The molecule has 1 aliphatic heterocycles. The number of Topliss-reactive ketones (excluding diaryl/α,β-unsaturated/α-hetero) is 1. The zero-order valence-corrected chi connectivity index (χ0v) is 23.1. The number of methoxy groups -OCH3 is 3. The van der Waals surface area contributed by atoms with Gasteiger partial charge < -0.3 is 18.9 Å². The standard InChI is InChI=1S/C31H35NO7/c1-6-7-14-39-31(35)27-18(2)32-23-15-22(21-12-13-25(36-3)26(17-21)37-4)16-24(33)29(23)28(27)19-8-10-20(11-9-19)30(34)38-5/h8-13,17,22,27-28H,6-7,14-16H2,1-5H3/t22-,27?,28+/m0/s1. The van der Waals surface area contributed by atoms with Crippen molar-refractivity contribution < 1.29 is 33.3 Å². The quantitative estimate of drug-likeness (QED) is 0.314. The molecule has 0 spiro atoms. The SMILES string of the molecule is CCCCOC(=O)C1C(C)=NC2=C(C(=O)C[C@@H](c3ccc(OC)c(OC)c3)C2)[C@@H]1c1ccc(C(=O)OC)cc1. The van der Waals surface area contributed by atoms with Crippen LogP contribution >= 0.6 is 0 Å². The number of carbonyl (C=O) groups excluding carboxylic acids is 3. The van der Waals surface area contributed by atoms with Gasteiger partial charge in [-0.25, -0.2) is 4.79 Å². The number of carbonyl (C=O) groups is 3. The zero-order valence-electron chi connectivity index (χ0n) is 23.1. The predicted octanol–water partition coefficient (Wildman–Crippen LogP) is 5.41. The molecule has 4 rings (SSSR count). The first-order chi connectivity index (χ1) is 18.8. The minimum Gasteiger partial charge on any atom is -0.493 e. The summed E-state index contributed by atoms with van der Waals surface area (Å²) >= 11 is 0. The molecule has 0 aromatic heterocycles. The number of benzene rings is 2. The van der Waals surface area contributed by atoms with Gasteiger partial charge in [0.15, 0.2) is 17.3 Å². The van der Waals surface area contributed by atoms with Gasteiger partial charge in [0.25, 0.3) is 0 Å². The minimum atomic E-state index is -0.730. The average Bonchev–Trinajstić information content (AvgIpc) is 2.95. The smallest absolute Gasteiger partial charge is 0.337 e. The lowest BCUT2D eigenvalue weighted by Crippen LogP contribution is -2.38. The molecular formula is C31H35NO7. The molecule has 8 nitrogen and oxygen atoms in total. The number of nitrogens with zero attached hydrogens (tertiary/aromatic N) is 1. The number of esters is 2. The van der Waals surface area contributed by atoms with Gasteiger partial charge in [0.05, 0.1) is 33.5 Å². The van der Waals surface area contributed by atoms with Gasteiger partial charge in [-0.15, -0.1) is 0 Å². The third kappa shape index (κ3) is 5.75. The maximum atomic E-state index is 13.8. The molecule has 0 saturated carbocycles. The van der Waals surface area contributed by atoms with E-state index in [2.05, 4.69) is 0 Å². The van der Waals surface area contributed by atoms with Gasteiger partial charge in [0.1, 0.15) is 5.92 Å². The van der Waals surface area contributed by atoms with Gasteiger partial charge in [-0.3, -0.25) is 14.6 Å². The Balaban J connectivity index is 1.74. The van der Waals surface area contributed by atoms with Crippen molar-refractivity contribution in [3.8, 4) is 11.5 Å². The summed E-state index contributed by atoms with van der Waals surface area (Å²) in [5, 5.41) is 0. The molecule has 0 N–H and O–H groups in total. The average molecular weight is 534 g/mol. The van der Waals surface area contributed by atoms with Crippen molar-refractivity contribution in [2.24, 2.45) is 10.9 Å². The Hall–Kier alpha value is -3.94. The molecule has 0 fully saturated rings. The van der Waals surface area contributed by atoms with Crippen LogP contribution in [0, 0.1) is 5.92 Å². The zero-order chi connectivity index (χ0) is 28.1. The molecule has 0 saturated heterocycles. The number of ketones is 1. The lowest BCUT2D eigenvalue weighted by molar-refractivity contribution is -0.146. The summed E-state index contributed by atoms with van der Waals surface area (Å²) in [6.45, 7) is 4.16. The van der Waals surface area contributed by atoms with Crippen molar-refractivity contribution in [3.05, 3.63) is 70.4 Å². The Morgan fingerprint density at radius 1 is 0.949 bits per heavy atom. The number of allylic oxidation sites excluding steroid dienone is 2. The number of aliphatic imine (C=N–C) groups is 1. The van der Waals surface area contributed by atoms with Crippen molar-refractivity contribution in [1.82, 2.24) is 0 Å². The van der Waals surface area contributed by atoms with E-state index in [4.69, 9.17) is 23.9 Å². The minimum absolute atomic E-state index is 0.0549. The molecule has 0 bridgehead atoms. The van der Waals surface area contributed by atoms with Crippen LogP contribution in [-0.4, -0.2) is 51.4 Å². The van der Waals surface area contributed by atoms with E-state index in [0.29, 0.717) is 47.1 Å². The van der Waals surface area contributed by atoms with Crippen LogP contribution < -0.4 is 9.47 Å². The van der Waals surface area contributed by atoms with Crippen LogP contribution in [-0.2, 0) is 19.1 Å². The molecule has 3 atom stereocenters. The highest BCUT2D eigenvalue weighted by Gasteiger charge is 2.44. The van der Waals surface area contributed by atoms with Gasteiger partial charge in [-0.05, 0) is 61.1 Å². The predicted molar refractivity (Wildman–Crippen MR) is 147 cm³/mol. The topological polar surface area (TPSA) is 100 Å². The Morgan fingerprint density at radius 3 is 2.28 bits per heavy atom. The number of hydrogen-bond acceptors (Lipinski definition) is 8. The van der Waals surface area contributed by atoms with Crippen LogP contribution in [0.25, 0.3) is 0 Å². The van der Waals surface area contributed by atoms with E-state index in [1.54, 1.807) is 38.5 Å². The van der Waals surface area contributed by atoms with Crippen LogP contribution in [0.5, 0.6) is 11.5 Å². The Kier molecular flexibility index (Phi) is 8.84. The van der Waals surface area contributed by atoms with Crippen LogP contribution in [0.15, 0.2) is 58.7 Å². The number of ether oxygens (including phenoxy) is 4. The summed E-state index contributed by atoms with van der Waals surface area (Å²) in [7, 11) is 4.49. The Labute approximate surface area is 229 Å². The number of hydrogen-bond donors (Lipinski definition) is 0. The van der Waals surface area contributed by atoms with E-state index in [9.17, 15) is 14.4 Å². The fourth-order valence-electron chi connectivity index (χ4n) is 5.42. The summed E-state index contributed by atoms with van der Waals surface area (Å²) in [6, 6.07) is 12.6. The largest absolute Gasteiger partial charge is 0.493 e. The second kappa shape index (κ2) is 12.3. The molecule has 2 aliphatic rings. The summed E-state index contributed by atoms with van der Waals surface area (Å²) in [5.41, 5.74) is 3.93. The molecule has 0 radical (unpaired) electrons.